The van der Waals surface area contributed by atoms with Crippen LogP contribution in [0, 0.1) is 30.3 Å². The fraction of sp³-hybridized carbons (Fsp3) is 0.204. The minimum Gasteiger partial charge on any atom is -0.500 e. The van der Waals surface area contributed by atoms with Crippen molar-refractivity contribution in [2.45, 2.75) is 72.6 Å². The summed E-state index contributed by atoms with van der Waals surface area (Å²) < 4.78 is 33.6. The predicted octanol–water partition coefficient (Wildman–Crippen LogP) is 14.3. The SMILES string of the molecule is CC(C)(C)c1ccnc(-c2[c-]cccc2)c1.[2H]C([2H])([2H])c1c[c-]c(-c2nc3ccccc3n2-c2c(C(C)C)cc(-c3ccccc3)cc2C(C)C)c2oc3cc(C#N)ccc3c12.[Ir]. The Morgan fingerprint density at radius 3 is 2.18 bits per heavy atom. The number of benzene rings is 6. The van der Waals surface area contributed by atoms with Crippen LogP contribution >= 0.6 is 0 Å². The molecule has 0 aliphatic rings. The van der Waals surface area contributed by atoms with E-state index in [0.29, 0.717) is 38.9 Å². The Labute approximate surface area is 371 Å². The maximum atomic E-state index is 9.56. The van der Waals surface area contributed by atoms with E-state index in [9.17, 15) is 5.26 Å². The minimum atomic E-state index is -2.40. The summed E-state index contributed by atoms with van der Waals surface area (Å²) >= 11 is 0. The molecule has 6 aromatic carbocycles. The van der Waals surface area contributed by atoms with E-state index in [1.54, 1.807) is 24.3 Å². The molecule has 0 aliphatic carbocycles. The number of nitrogens with zero attached hydrogens (tertiary/aromatic N) is 4. The van der Waals surface area contributed by atoms with Gasteiger partial charge in [0.05, 0.1) is 34.1 Å². The van der Waals surface area contributed by atoms with Gasteiger partial charge in [-0.25, -0.2) is 0 Å². The van der Waals surface area contributed by atoms with Crippen LogP contribution in [0.5, 0.6) is 0 Å². The van der Waals surface area contributed by atoms with Crippen molar-refractivity contribution in [1.29, 1.82) is 5.26 Å². The second-order valence-corrected chi connectivity index (χ2v) is 16.6. The first kappa shape index (κ1) is 38.1. The van der Waals surface area contributed by atoms with Crippen molar-refractivity contribution < 1.29 is 28.6 Å². The zero-order chi connectivity index (χ0) is 43.9. The van der Waals surface area contributed by atoms with Crippen LogP contribution < -0.4 is 0 Å². The van der Waals surface area contributed by atoms with Gasteiger partial charge in [0.15, 0.2) is 0 Å². The van der Waals surface area contributed by atoms with Gasteiger partial charge >= 0.3 is 0 Å². The van der Waals surface area contributed by atoms with Crippen molar-refractivity contribution in [3.05, 3.63) is 174 Å². The van der Waals surface area contributed by atoms with Crippen LogP contribution in [0.15, 0.2) is 138 Å². The van der Waals surface area contributed by atoms with Crippen molar-refractivity contribution in [1.82, 2.24) is 14.5 Å². The van der Waals surface area contributed by atoms with E-state index < -0.39 is 6.85 Å². The Balaban J connectivity index is 0.000000295. The second kappa shape index (κ2) is 17.2. The molecule has 0 spiro atoms. The molecule has 3 heterocycles. The summed E-state index contributed by atoms with van der Waals surface area (Å²) in [7, 11) is 0. The number of hydrogen-bond donors (Lipinski definition) is 0. The summed E-state index contributed by atoms with van der Waals surface area (Å²) in [5, 5.41) is 10.7. The van der Waals surface area contributed by atoms with Crippen LogP contribution in [0.3, 0.4) is 0 Å². The number of aromatic nitrogens is 3. The number of nitriles is 1. The summed E-state index contributed by atoms with van der Waals surface area (Å²) in [6.45, 7) is 13.1. The van der Waals surface area contributed by atoms with Crippen LogP contribution in [0.25, 0.3) is 72.4 Å². The van der Waals surface area contributed by atoms with Crippen molar-refractivity contribution in [3.63, 3.8) is 0 Å². The molecule has 6 heteroatoms. The molecule has 0 N–H and O–H groups in total. The van der Waals surface area contributed by atoms with Gasteiger partial charge in [-0.3, -0.25) is 4.98 Å². The molecule has 9 aromatic rings. The van der Waals surface area contributed by atoms with Crippen LogP contribution in [-0.4, -0.2) is 14.5 Å². The van der Waals surface area contributed by atoms with E-state index in [0.717, 1.165) is 39.1 Å². The van der Waals surface area contributed by atoms with Crippen molar-refractivity contribution in [2.24, 2.45) is 0 Å². The summed E-state index contributed by atoms with van der Waals surface area (Å²) in [5.74, 6) is 0.976. The first-order valence-corrected chi connectivity index (χ1v) is 20.1. The summed E-state index contributed by atoms with van der Waals surface area (Å²) in [4.78, 5) is 9.56. The molecule has 0 aliphatic heterocycles. The number of fused-ring (bicyclic) bond motifs is 4. The molecular formula is C54H48IrN4O-2. The number of para-hydroxylation sites is 2. The van der Waals surface area contributed by atoms with Gasteiger partial charge in [0, 0.05) is 41.5 Å². The predicted molar refractivity (Wildman–Crippen MR) is 243 cm³/mol. The third-order valence-corrected chi connectivity index (χ3v) is 10.8. The quantitative estimate of drug-likeness (QED) is 0.156. The van der Waals surface area contributed by atoms with E-state index in [4.69, 9.17) is 13.5 Å². The molecule has 1 radical (unpaired) electrons. The van der Waals surface area contributed by atoms with Crippen molar-refractivity contribution in [3.8, 4) is 45.5 Å². The topological polar surface area (TPSA) is 67.6 Å². The number of imidazole rings is 1. The first-order chi connectivity index (χ1) is 29.6. The van der Waals surface area contributed by atoms with Crippen LogP contribution in [0.2, 0.25) is 0 Å². The fourth-order valence-corrected chi connectivity index (χ4v) is 7.69. The van der Waals surface area contributed by atoms with Gasteiger partial charge in [-0.1, -0.05) is 121 Å². The van der Waals surface area contributed by atoms with E-state index in [-0.39, 0.29) is 42.9 Å². The number of furan rings is 1. The average Bonchev–Trinajstić information content (AvgIpc) is 3.84. The summed E-state index contributed by atoms with van der Waals surface area (Å²) in [6.07, 6.45) is 1.87. The minimum absolute atomic E-state index is 0. The average molecular weight is 964 g/mol. The largest absolute Gasteiger partial charge is 0.500 e. The van der Waals surface area contributed by atoms with E-state index in [1.165, 1.54) is 16.7 Å². The van der Waals surface area contributed by atoms with Gasteiger partial charge in [0.1, 0.15) is 5.58 Å². The molecule has 3 aromatic heterocycles. The van der Waals surface area contributed by atoms with Gasteiger partial charge in [-0.05, 0) is 93.2 Å². The normalized spacial score (nSPS) is 12.4. The Morgan fingerprint density at radius 1 is 0.800 bits per heavy atom. The van der Waals surface area contributed by atoms with Gasteiger partial charge in [-0.15, -0.1) is 53.6 Å². The maximum Gasteiger partial charge on any atom is 0.122 e. The van der Waals surface area contributed by atoms with Gasteiger partial charge in [0.25, 0.3) is 0 Å². The molecule has 0 unspecified atom stereocenters. The Hall–Kier alpha value is -6.12. The van der Waals surface area contributed by atoms with E-state index in [1.807, 2.05) is 54.7 Å². The Bertz CT molecular complexity index is 3090. The van der Waals surface area contributed by atoms with Gasteiger partial charge in [-0.2, -0.15) is 5.26 Å². The number of hydrogen-bond acceptors (Lipinski definition) is 4. The summed E-state index contributed by atoms with van der Waals surface area (Å²) in [6, 6.07) is 50.5. The Kier molecular flexibility index (Phi) is 10.9. The zero-order valence-corrected chi connectivity index (χ0v) is 37.3. The second-order valence-electron chi connectivity index (χ2n) is 16.6. The van der Waals surface area contributed by atoms with E-state index in [2.05, 4.69) is 131 Å². The standard InChI is InChI=1S/C39H32N3O.C15H16N.Ir/c1-23(2)31-20-28(27-11-7-6-8-12-27)21-32(24(3)4)37(31)42-34-14-10-9-13-33(34)41-39(42)30-17-15-25(5)36-29-18-16-26(22-40)19-35(29)43-38(30)36;1-15(2,3)13-9-10-16-14(11-13)12-7-5-4-6-8-12;/h6-16,18-21,23-24H,1-5H3;4-7,9-11H,1-3H3;/q2*-1;/i5D3;;. The fourth-order valence-electron chi connectivity index (χ4n) is 7.69. The van der Waals surface area contributed by atoms with Crippen LogP contribution in [0.1, 0.15) is 92.2 Å². The number of aryl methyl sites for hydroxylation is 1. The third kappa shape index (κ3) is 8.09. The molecule has 60 heavy (non-hydrogen) atoms. The van der Waals surface area contributed by atoms with Crippen LogP contribution in [-0.2, 0) is 25.5 Å². The number of pyridine rings is 1. The van der Waals surface area contributed by atoms with Gasteiger partial charge in [0.2, 0.25) is 0 Å². The summed E-state index contributed by atoms with van der Waals surface area (Å²) in [5.41, 5.74) is 12.9. The molecule has 9 rings (SSSR count). The first-order valence-electron chi connectivity index (χ1n) is 21.6. The molecule has 0 fully saturated rings. The smallest absolute Gasteiger partial charge is 0.122 e. The maximum absolute atomic E-state index is 9.56. The monoisotopic (exact) mass is 964 g/mol. The molecule has 0 amide bonds. The molecule has 0 bridgehead atoms. The van der Waals surface area contributed by atoms with E-state index >= 15 is 0 Å². The van der Waals surface area contributed by atoms with Crippen LogP contribution in [0.4, 0.5) is 0 Å². The van der Waals surface area contributed by atoms with Crippen molar-refractivity contribution in [2.75, 3.05) is 0 Å². The molecule has 0 saturated carbocycles. The molecular weight excluding hydrogens is 913 g/mol. The molecule has 5 nitrogen and oxygen atoms in total. The molecule has 0 saturated heterocycles. The van der Waals surface area contributed by atoms with Crippen molar-refractivity contribution >= 4 is 33.0 Å². The van der Waals surface area contributed by atoms with Gasteiger partial charge < -0.3 is 14.0 Å². The molecule has 0 atom stereocenters. The Morgan fingerprint density at radius 2 is 1.52 bits per heavy atom. The third-order valence-electron chi connectivity index (χ3n) is 10.8. The zero-order valence-electron chi connectivity index (χ0n) is 37.9. The number of rotatable bonds is 6. The molecule has 301 valence electrons.